The standard InChI is InChI=1S/C42H61F7N2O15/c1-12-28(52)60-24-62-31(55)19-37(9)16-26(15-34(3,4)20-37)14-30(54)58-22-40(44,45)65-39(11,43)64-36(7,8)42(48,49)66-41(46,47)23-59-32(56)50-27-17-35(5,6)21-38(10,18-27)51-33(57)63-25-61-29(53)13-2/h12-13,26-27H,1-2,14-25H2,3-11H3,(H,50,56)(H,51,57). The largest absolute Gasteiger partial charge is 0.456 e. The first kappa shape index (κ1) is 57.4. The predicted octanol–water partition coefficient (Wildman–Crippen LogP) is 8.10. The number of rotatable bonds is 23. The average Bonchev–Trinajstić information content (AvgIpc) is 3.09. The lowest BCUT2D eigenvalue weighted by atomic mass is 9.59. The maximum Gasteiger partial charge on any atom is 0.410 e. The highest BCUT2D eigenvalue weighted by atomic mass is 19.3. The van der Waals surface area contributed by atoms with Crippen LogP contribution in [0, 0.1) is 22.2 Å². The van der Waals surface area contributed by atoms with Gasteiger partial charge in [0.15, 0.2) is 18.8 Å². The number of halogens is 7. The quantitative estimate of drug-likeness (QED) is 0.0326. The molecule has 2 rings (SSSR count). The SMILES string of the molecule is C=CC(=O)OCOC(=O)CC1(C)CC(CC(=O)OCC(F)(F)OC(C)(F)OC(C)(C)C(F)(F)OC(F)(F)COC(=O)NC2CC(C)(C)CC(C)(NC(=O)OCOC(=O)C=C)C2)CC(C)(C)C1. The van der Waals surface area contributed by atoms with Crippen LogP contribution in [0.3, 0.4) is 0 Å². The maximum absolute atomic E-state index is 15.3. The van der Waals surface area contributed by atoms with Crippen LogP contribution in [0.2, 0.25) is 0 Å². The Kier molecular flexibility index (Phi) is 19.1. The normalized spacial score (nSPS) is 24.0. The zero-order valence-corrected chi connectivity index (χ0v) is 38.5. The van der Waals surface area contributed by atoms with Crippen LogP contribution < -0.4 is 10.6 Å². The van der Waals surface area contributed by atoms with E-state index in [1.165, 1.54) is 0 Å². The van der Waals surface area contributed by atoms with Gasteiger partial charge in [0.2, 0.25) is 13.6 Å². The molecule has 5 unspecified atom stereocenters. The van der Waals surface area contributed by atoms with Crippen molar-refractivity contribution in [3.05, 3.63) is 25.3 Å². The summed E-state index contributed by atoms with van der Waals surface area (Å²) in [7, 11) is 0. The van der Waals surface area contributed by atoms with Gasteiger partial charge in [-0.3, -0.25) is 19.1 Å². The molecule has 24 heteroatoms. The highest BCUT2D eigenvalue weighted by Crippen LogP contribution is 2.51. The Hall–Kier alpha value is -4.71. The second-order valence-corrected chi connectivity index (χ2v) is 19.3. The molecule has 0 aromatic heterocycles. The van der Waals surface area contributed by atoms with Gasteiger partial charge in [0, 0.05) is 37.1 Å². The molecule has 0 aromatic rings. The van der Waals surface area contributed by atoms with E-state index in [9.17, 15) is 46.3 Å². The van der Waals surface area contributed by atoms with Gasteiger partial charge in [0.25, 0.3) is 0 Å². The van der Waals surface area contributed by atoms with E-state index in [-0.39, 0.29) is 32.6 Å². The van der Waals surface area contributed by atoms with Gasteiger partial charge in [0.1, 0.15) is 0 Å². The molecule has 378 valence electrons. The lowest BCUT2D eigenvalue weighted by Crippen LogP contribution is -2.58. The Morgan fingerprint density at radius 2 is 1.15 bits per heavy atom. The topological polar surface area (TPSA) is 210 Å². The van der Waals surface area contributed by atoms with Crippen LogP contribution in [0.5, 0.6) is 0 Å². The molecule has 66 heavy (non-hydrogen) atoms. The van der Waals surface area contributed by atoms with Crippen LogP contribution in [0.1, 0.15) is 114 Å². The van der Waals surface area contributed by atoms with Crippen LogP contribution in [0.25, 0.3) is 0 Å². The summed E-state index contributed by atoms with van der Waals surface area (Å²) in [5.74, 6) is -4.03. The van der Waals surface area contributed by atoms with Gasteiger partial charge in [-0.25, -0.2) is 19.2 Å². The molecule has 0 radical (unpaired) electrons. The maximum atomic E-state index is 15.3. The third-order valence-corrected chi connectivity index (χ3v) is 10.3. The molecule has 0 spiro atoms. The number of hydrogen-bond donors (Lipinski definition) is 2. The summed E-state index contributed by atoms with van der Waals surface area (Å²) in [5.41, 5.74) is -6.31. The summed E-state index contributed by atoms with van der Waals surface area (Å²) < 4.78 is 145. The van der Waals surface area contributed by atoms with Gasteiger partial charge in [-0.15, -0.1) is 0 Å². The highest BCUT2D eigenvalue weighted by molar-refractivity contribution is 5.81. The van der Waals surface area contributed by atoms with Crippen molar-refractivity contribution < 1.29 is 102 Å². The first-order chi connectivity index (χ1) is 29.8. The lowest BCUT2D eigenvalue weighted by molar-refractivity contribution is -0.482. The zero-order chi connectivity index (χ0) is 50.8. The van der Waals surface area contributed by atoms with Crippen molar-refractivity contribution in [3.8, 4) is 0 Å². The highest BCUT2D eigenvalue weighted by Gasteiger charge is 2.60. The number of ether oxygens (including phenoxy) is 9. The molecular formula is C42H61F7N2O15. The Bertz CT molecular complexity index is 1780. The first-order valence-corrected chi connectivity index (χ1v) is 20.5. The fourth-order valence-electron chi connectivity index (χ4n) is 8.89. The van der Waals surface area contributed by atoms with Crippen molar-refractivity contribution in [1.82, 2.24) is 10.6 Å². The Morgan fingerprint density at radius 3 is 1.73 bits per heavy atom. The molecule has 0 saturated heterocycles. The second-order valence-electron chi connectivity index (χ2n) is 19.3. The molecular weight excluding hydrogens is 905 g/mol. The lowest BCUT2D eigenvalue weighted by Gasteiger charge is -2.46. The number of esters is 4. The second kappa shape index (κ2) is 21.9. The van der Waals surface area contributed by atoms with E-state index in [0.29, 0.717) is 33.1 Å². The van der Waals surface area contributed by atoms with E-state index in [1.807, 2.05) is 13.8 Å². The van der Waals surface area contributed by atoms with E-state index >= 15 is 13.2 Å². The van der Waals surface area contributed by atoms with E-state index in [2.05, 4.69) is 56.9 Å². The molecule has 0 aliphatic heterocycles. The summed E-state index contributed by atoms with van der Waals surface area (Å²) in [6.07, 6.45) is -14.5. The first-order valence-electron chi connectivity index (χ1n) is 20.5. The molecule has 0 bridgehead atoms. The zero-order valence-electron chi connectivity index (χ0n) is 38.5. The van der Waals surface area contributed by atoms with E-state index in [4.69, 9.17) is 9.47 Å². The van der Waals surface area contributed by atoms with Crippen molar-refractivity contribution in [2.24, 2.45) is 22.2 Å². The Labute approximate surface area is 378 Å². The molecule has 0 heterocycles. The van der Waals surface area contributed by atoms with Crippen LogP contribution >= 0.6 is 0 Å². The third kappa shape index (κ3) is 20.0. The molecule has 2 fully saturated rings. The minimum atomic E-state index is -5.19. The fraction of sp³-hybridized carbons (Fsp3) is 0.762. The Morgan fingerprint density at radius 1 is 0.621 bits per heavy atom. The number of nitrogens with one attached hydrogen (secondary N) is 2. The third-order valence-electron chi connectivity index (χ3n) is 10.3. The van der Waals surface area contributed by atoms with Crippen LogP contribution in [0.4, 0.5) is 40.3 Å². The summed E-state index contributed by atoms with van der Waals surface area (Å²) >= 11 is 0. The van der Waals surface area contributed by atoms with Crippen molar-refractivity contribution in [3.63, 3.8) is 0 Å². The van der Waals surface area contributed by atoms with E-state index < -0.39 is 133 Å². The molecule has 2 saturated carbocycles. The number of carbonyl (C=O) groups excluding carboxylic acids is 6. The predicted molar refractivity (Wildman–Crippen MR) is 213 cm³/mol. The molecule has 2 N–H and O–H groups in total. The smallest absolute Gasteiger partial charge is 0.410 e. The summed E-state index contributed by atoms with van der Waals surface area (Å²) in [5, 5.41) is 4.90. The van der Waals surface area contributed by atoms with E-state index in [1.54, 1.807) is 27.7 Å². The molecule has 2 aliphatic rings. The number of alkyl halides is 7. The summed E-state index contributed by atoms with van der Waals surface area (Å²) in [6.45, 7) is 12.4. The van der Waals surface area contributed by atoms with Gasteiger partial charge in [-0.1, -0.05) is 47.8 Å². The number of hydrogen-bond acceptors (Lipinski definition) is 15. The number of amides is 2. The van der Waals surface area contributed by atoms with Crippen LogP contribution in [-0.4, -0.2) is 104 Å². The minimum Gasteiger partial charge on any atom is -0.456 e. The summed E-state index contributed by atoms with van der Waals surface area (Å²) in [6, 6.07) is -4.98. The number of carbonyl (C=O) groups is 6. The number of alkyl carbamates (subject to hydrolysis) is 2. The van der Waals surface area contributed by atoms with Crippen molar-refractivity contribution in [2.75, 3.05) is 26.8 Å². The minimum absolute atomic E-state index is 0.00936. The van der Waals surface area contributed by atoms with Gasteiger partial charge in [-0.2, -0.15) is 30.7 Å². The molecule has 5 atom stereocenters. The van der Waals surface area contributed by atoms with Crippen LogP contribution in [-0.2, 0) is 61.8 Å². The van der Waals surface area contributed by atoms with Crippen molar-refractivity contribution in [2.45, 2.75) is 155 Å². The van der Waals surface area contributed by atoms with Gasteiger partial charge in [0.05, 0.1) is 6.42 Å². The van der Waals surface area contributed by atoms with Gasteiger partial charge >= 0.3 is 60.4 Å². The van der Waals surface area contributed by atoms with Gasteiger partial charge in [-0.05, 0) is 81.5 Å². The monoisotopic (exact) mass is 966 g/mol. The molecule has 0 aromatic carbocycles. The molecule has 2 aliphatic carbocycles. The van der Waals surface area contributed by atoms with Crippen molar-refractivity contribution >= 4 is 36.1 Å². The molecule has 17 nitrogen and oxygen atoms in total. The van der Waals surface area contributed by atoms with Crippen molar-refractivity contribution in [1.29, 1.82) is 0 Å². The molecule has 2 amide bonds. The van der Waals surface area contributed by atoms with Gasteiger partial charge < -0.3 is 43.8 Å². The Balaban J connectivity index is 1.94. The van der Waals surface area contributed by atoms with E-state index in [0.717, 1.165) is 12.2 Å². The average molecular weight is 967 g/mol. The van der Waals surface area contributed by atoms with Crippen LogP contribution in [0.15, 0.2) is 25.3 Å². The summed E-state index contributed by atoms with van der Waals surface area (Å²) in [4.78, 5) is 72.4. The fourth-order valence-corrected chi connectivity index (χ4v) is 8.89.